The first-order chi connectivity index (χ1) is 8.25. The third kappa shape index (κ3) is 3.29. The number of aromatic nitrogens is 1. The van der Waals surface area contributed by atoms with Gasteiger partial charge in [0.1, 0.15) is 12.4 Å². The van der Waals surface area contributed by atoms with Crippen molar-refractivity contribution in [2.75, 3.05) is 6.61 Å². The maximum atomic E-state index is 6.02. The van der Waals surface area contributed by atoms with Gasteiger partial charge in [0, 0.05) is 12.4 Å². The molecule has 0 aliphatic rings. The number of aryl methyl sites for hydroxylation is 1. The van der Waals surface area contributed by atoms with Gasteiger partial charge in [-0.15, -0.1) is 0 Å². The van der Waals surface area contributed by atoms with Crippen molar-refractivity contribution in [2.45, 2.75) is 13.0 Å². The van der Waals surface area contributed by atoms with E-state index in [-0.39, 0.29) is 6.04 Å². The van der Waals surface area contributed by atoms with E-state index in [1.807, 2.05) is 43.3 Å². The van der Waals surface area contributed by atoms with Gasteiger partial charge in [-0.2, -0.15) is 0 Å². The van der Waals surface area contributed by atoms with Crippen LogP contribution in [0.2, 0.25) is 0 Å². The first kappa shape index (κ1) is 11.6. The lowest BCUT2D eigenvalue weighted by atomic mass is 10.1. The summed E-state index contributed by atoms with van der Waals surface area (Å²) in [6.45, 7) is 2.49. The van der Waals surface area contributed by atoms with Gasteiger partial charge in [0.05, 0.1) is 6.04 Å². The van der Waals surface area contributed by atoms with Gasteiger partial charge >= 0.3 is 0 Å². The highest BCUT2D eigenvalue weighted by molar-refractivity contribution is 5.27. The highest BCUT2D eigenvalue weighted by Crippen LogP contribution is 2.15. The second-order valence-corrected chi connectivity index (χ2v) is 4.02. The summed E-state index contributed by atoms with van der Waals surface area (Å²) in [7, 11) is 0. The lowest BCUT2D eigenvalue weighted by Crippen LogP contribution is -2.19. The fourth-order valence-electron chi connectivity index (χ4n) is 1.58. The average molecular weight is 228 g/mol. The Hall–Kier alpha value is -1.87. The highest BCUT2D eigenvalue weighted by atomic mass is 16.5. The van der Waals surface area contributed by atoms with Crippen molar-refractivity contribution in [3.63, 3.8) is 0 Å². The number of hydrogen-bond acceptors (Lipinski definition) is 3. The molecule has 88 valence electrons. The van der Waals surface area contributed by atoms with Gasteiger partial charge in [-0.3, -0.25) is 4.98 Å². The molecule has 1 unspecified atom stereocenters. The molecule has 1 atom stereocenters. The minimum Gasteiger partial charge on any atom is -0.492 e. The van der Waals surface area contributed by atoms with Crippen LogP contribution in [0.5, 0.6) is 5.75 Å². The molecule has 0 aliphatic heterocycles. The highest BCUT2D eigenvalue weighted by Gasteiger charge is 2.06. The number of nitrogens with zero attached hydrogens (tertiary/aromatic N) is 1. The predicted molar refractivity (Wildman–Crippen MR) is 67.8 cm³/mol. The Balaban J connectivity index is 1.95. The largest absolute Gasteiger partial charge is 0.492 e. The van der Waals surface area contributed by atoms with E-state index in [1.165, 1.54) is 5.56 Å². The molecule has 1 aromatic heterocycles. The quantitative estimate of drug-likeness (QED) is 0.874. The third-order valence-electron chi connectivity index (χ3n) is 2.53. The van der Waals surface area contributed by atoms with Crippen LogP contribution in [0.4, 0.5) is 0 Å². The second-order valence-electron chi connectivity index (χ2n) is 4.02. The first-order valence-electron chi connectivity index (χ1n) is 5.60. The molecule has 0 amide bonds. The number of hydrogen-bond donors (Lipinski definition) is 1. The molecule has 2 rings (SSSR count). The first-order valence-corrected chi connectivity index (χ1v) is 5.60. The molecule has 0 radical (unpaired) electrons. The molecular formula is C14H16N2O. The smallest absolute Gasteiger partial charge is 0.119 e. The van der Waals surface area contributed by atoms with E-state index < -0.39 is 0 Å². The molecule has 0 aliphatic carbocycles. The van der Waals surface area contributed by atoms with Gasteiger partial charge in [0.15, 0.2) is 0 Å². The lowest BCUT2D eigenvalue weighted by molar-refractivity contribution is 0.290. The fourth-order valence-corrected chi connectivity index (χ4v) is 1.58. The molecule has 0 saturated carbocycles. The molecule has 0 spiro atoms. The van der Waals surface area contributed by atoms with E-state index in [9.17, 15) is 0 Å². The Kier molecular flexibility index (Phi) is 3.73. The van der Waals surface area contributed by atoms with Crippen LogP contribution in [0.25, 0.3) is 0 Å². The van der Waals surface area contributed by atoms with Gasteiger partial charge in [0.2, 0.25) is 0 Å². The van der Waals surface area contributed by atoms with Gasteiger partial charge in [-0.05, 0) is 36.2 Å². The minimum absolute atomic E-state index is 0.149. The summed E-state index contributed by atoms with van der Waals surface area (Å²) in [6, 6.07) is 11.6. The summed E-state index contributed by atoms with van der Waals surface area (Å²) in [5.74, 6) is 0.851. The van der Waals surface area contributed by atoms with E-state index in [4.69, 9.17) is 10.5 Å². The van der Waals surface area contributed by atoms with Crippen LogP contribution in [-0.4, -0.2) is 11.6 Å². The number of benzene rings is 1. The summed E-state index contributed by atoms with van der Waals surface area (Å²) < 4.78 is 5.65. The third-order valence-corrected chi connectivity index (χ3v) is 2.53. The monoisotopic (exact) mass is 228 g/mol. The van der Waals surface area contributed by atoms with Crippen LogP contribution in [0, 0.1) is 6.92 Å². The summed E-state index contributed by atoms with van der Waals surface area (Å²) in [6.07, 6.45) is 3.50. The van der Waals surface area contributed by atoms with Crippen molar-refractivity contribution in [1.82, 2.24) is 4.98 Å². The Morgan fingerprint density at radius 2 is 2.18 bits per heavy atom. The molecule has 3 nitrogen and oxygen atoms in total. The molecule has 1 heterocycles. The van der Waals surface area contributed by atoms with Crippen molar-refractivity contribution < 1.29 is 4.74 Å². The van der Waals surface area contributed by atoms with Crippen molar-refractivity contribution in [1.29, 1.82) is 0 Å². The molecule has 2 N–H and O–H groups in total. The maximum Gasteiger partial charge on any atom is 0.119 e. The SMILES string of the molecule is Cc1cccc(OCC(N)c2cccnc2)c1. The fraction of sp³-hybridized carbons (Fsp3) is 0.214. The Labute approximate surface area is 101 Å². The molecule has 0 fully saturated rings. The van der Waals surface area contributed by atoms with Gasteiger partial charge < -0.3 is 10.5 Å². The minimum atomic E-state index is -0.149. The molecule has 17 heavy (non-hydrogen) atoms. The standard InChI is InChI=1S/C14H16N2O/c1-11-4-2-6-13(8-11)17-10-14(15)12-5-3-7-16-9-12/h2-9,14H,10,15H2,1H3. The normalized spacial score (nSPS) is 12.1. The van der Waals surface area contributed by atoms with Crippen LogP contribution in [0.1, 0.15) is 17.2 Å². The molecule has 0 bridgehead atoms. The van der Waals surface area contributed by atoms with Crippen LogP contribution in [0.3, 0.4) is 0 Å². The van der Waals surface area contributed by atoms with Gasteiger partial charge in [0.25, 0.3) is 0 Å². The molecular weight excluding hydrogens is 212 g/mol. The van der Waals surface area contributed by atoms with E-state index in [0.717, 1.165) is 11.3 Å². The van der Waals surface area contributed by atoms with E-state index in [2.05, 4.69) is 4.98 Å². The Morgan fingerprint density at radius 1 is 1.29 bits per heavy atom. The Morgan fingerprint density at radius 3 is 2.88 bits per heavy atom. The molecule has 0 saturated heterocycles. The number of rotatable bonds is 4. The number of nitrogens with two attached hydrogens (primary N) is 1. The van der Waals surface area contributed by atoms with Crippen molar-refractivity contribution >= 4 is 0 Å². The zero-order valence-electron chi connectivity index (χ0n) is 9.84. The number of ether oxygens (including phenoxy) is 1. The zero-order valence-corrected chi connectivity index (χ0v) is 9.84. The topological polar surface area (TPSA) is 48.1 Å². The molecule has 1 aromatic carbocycles. The van der Waals surface area contributed by atoms with Crippen LogP contribution in [-0.2, 0) is 0 Å². The second kappa shape index (κ2) is 5.46. The summed E-state index contributed by atoms with van der Waals surface area (Å²) in [5, 5.41) is 0. The van der Waals surface area contributed by atoms with Crippen LogP contribution < -0.4 is 10.5 Å². The summed E-state index contributed by atoms with van der Waals surface area (Å²) >= 11 is 0. The molecule has 2 aromatic rings. The summed E-state index contributed by atoms with van der Waals surface area (Å²) in [5.41, 5.74) is 8.18. The average Bonchev–Trinajstić information content (AvgIpc) is 2.37. The Bertz CT molecular complexity index is 471. The van der Waals surface area contributed by atoms with Crippen molar-refractivity contribution in [2.24, 2.45) is 5.73 Å². The maximum absolute atomic E-state index is 6.02. The van der Waals surface area contributed by atoms with Gasteiger partial charge in [-0.25, -0.2) is 0 Å². The van der Waals surface area contributed by atoms with E-state index >= 15 is 0 Å². The number of pyridine rings is 1. The van der Waals surface area contributed by atoms with Crippen LogP contribution in [0.15, 0.2) is 48.8 Å². The molecule has 3 heteroatoms. The van der Waals surface area contributed by atoms with Crippen LogP contribution >= 0.6 is 0 Å². The van der Waals surface area contributed by atoms with Crippen molar-refractivity contribution in [3.8, 4) is 5.75 Å². The van der Waals surface area contributed by atoms with E-state index in [0.29, 0.717) is 6.61 Å². The summed E-state index contributed by atoms with van der Waals surface area (Å²) in [4.78, 5) is 4.04. The van der Waals surface area contributed by atoms with Gasteiger partial charge in [-0.1, -0.05) is 18.2 Å². The van der Waals surface area contributed by atoms with E-state index in [1.54, 1.807) is 12.4 Å². The zero-order chi connectivity index (χ0) is 12.1. The lowest BCUT2D eigenvalue weighted by Gasteiger charge is -2.13. The predicted octanol–water partition coefficient (Wildman–Crippen LogP) is 2.47. The van der Waals surface area contributed by atoms with Crippen molar-refractivity contribution in [3.05, 3.63) is 59.9 Å².